The van der Waals surface area contributed by atoms with Crippen molar-refractivity contribution in [2.45, 2.75) is 77.4 Å². The first-order valence-corrected chi connectivity index (χ1v) is 11.9. The quantitative estimate of drug-likeness (QED) is 0.160. The molecule has 3 N–H and O–H groups in total. The number of unbranched alkanes of at least 4 members (excludes halogenated alkanes) is 6. The molecule has 2 rings (SSSR count). The Morgan fingerprint density at radius 1 is 1.09 bits per heavy atom. The number of ketones is 1. The van der Waals surface area contributed by atoms with E-state index in [1.807, 2.05) is 30.3 Å². The lowest BCUT2D eigenvalue weighted by molar-refractivity contribution is -0.117. The molecule has 7 heteroatoms. The monoisotopic (exact) mass is 456 g/mol. The first-order valence-electron chi connectivity index (χ1n) is 11.9. The molecule has 2 amide bonds. The van der Waals surface area contributed by atoms with Crippen LogP contribution in [0.25, 0.3) is 0 Å². The molecule has 1 fully saturated rings. The van der Waals surface area contributed by atoms with Crippen molar-refractivity contribution in [3.05, 3.63) is 59.4 Å². The molecule has 0 radical (unpaired) electrons. The number of allylic oxidation sites excluding steroid dienone is 2. The van der Waals surface area contributed by atoms with Gasteiger partial charge in [0.15, 0.2) is 5.78 Å². The number of ether oxygens (including phenoxy) is 1. The van der Waals surface area contributed by atoms with Gasteiger partial charge in [0.2, 0.25) is 0 Å². The van der Waals surface area contributed by atoms with E-state index in [0.717, 1.165) is 24.8 Å². The van der Waals surface area contributed by atoms with Gasteiger partial charge < -0.3 is 20.5 Å². The predicted molar refractivity (Wildman–Crippen MR) is 128 cm³/mol. The summed E-state index contributed by atoms with van der Waals surface area (Å²) < 4.78 is 5.13. The van der Waals surface area contributed by atoms with Crippen molar-refractivity contribution in [1.29, 1.82) is 0 Å². The van der Waals surface area contributed by atoms with E-state index in [4.69, 9.17) is 4.74 Å². The van der Waals surface area contributed by atoms with Crippen LogP contribution >= 0.6 is 0 Å². The number of alkyl carbamates (subject to hydrolysis) is 1. The van der Waals surface area contributed by atoms with Crippen LogP contribution < -0.4 is 10.6 Å². The third-order valence-corrected chi connectivity index (χ3v) is 5.50. The fourth-order valence-electron chi connectivity index (χ4n) is 3.62. The number of rotatable bonds is 14. The molecule has 33 heavy (non-hydrogen) atoms. The summed E-state index contributed by atoms with van der Waals surface area (Å²) in [6.07, 6.45) is 11.5. The van der Waals surface area contributed by atoms with Crippen molar-refractivity contribution >= 4 is 17.8 Å². The Morgan fingerprint density at radius 3 is 2.58 bits per heavy atom. The van der Waals surface area contributed by atoms with Crippen LogP contribution in [0.1, 0.15) is 70.3 Å². The highest BCUT2D eigenvalue weighted by Gasteiger charge is 2.37. The van der Waals surface area contributed by atoms with Crippen molar-refractivity contribution in [2.24, 2.45) is 0 Å². The molecule has 1 aromatic carbocycles. The maximum atomic E-state index is 12.5. The molecule has 0 aromatic heterocycles. The highest BCUT2D eigenvalue weighted by Crippen LogP contribution is 2.18. The first kappa shape index (κ1) is 26.2. The number of carbonyl (C=O) groups excluding carboxylic acids is 3. The van der Waals surface area contributed by atoms with Crippen LogP contribution in [0.15, 0.2) is 53.8 Å². The van der Waals surface area contributed by atoms with Gasteiger partial charge in [0.05, 0.1) is 6.04 Å². The molecule has 0 saturated carbocycles. The molecule has 1 heterocycles. The highest BCUT2D eigenvalue weighted by molar-refractivity contribution is 6.27. The maximum absolute atomic E-state index is 12.5. The Bertz CT molecular complexity index is 832. The Balaban J connectivity index is 1.67. The largest absolute Gasteiger partial charge is 0.507 e. The summed E-state index contributed by atoms with van der Waals surface area (Å²) in [5, 5.41) is 15.5. The third kappa shape index (κ3) is 9.51. The smallest absolute Gasteiger partial charge is 0.407 e. The number of carbonyl (C=O) groups is 3. The van der Waals surface area contributed by atoms with Gasteiger partial charge >= 0.3 is 6.09 Å². The van der Waals surface area contributed by atoms with E-state index >= 15 is 0 Å². The van der Waals surface area contributed by atoms with Crippen molar-refractivity contribution in [1.82, 2.24) is 10.6 Å². The molecule has 1 atom stereocenters. The molecular weight excluding hydrogens is 420 g/mol. The number of amides is 2. The molecular formula is C26H36N2O5. The highest BCUT2D eigenvalue weighted by atomic mass is 16.5. The van der Waals surface area contributed by atoms with Crippen molar-refractivity contribution < 1.29 is 24.2 Å². The summed E-state index contributed by atoms with van der Waals surface area (Å²) in [6, 6.07) is 8.67. The molecule has 180 valence electrons. The number of benzene rings is 1. The van der Waals surface area contributed by atoms with Crippen LogP contribution in [0.5, 0.6) is 0 Å². The minimum Gasteiger partial charge on any atom is -0.507 e. The zero-order valence-corrected chi connectivity index (χ0v) is 19.5. The van der Waals surface area contributed by atoms with E-state index in [0.29, 0.717) is 19.4 Å². The molecule has 0 aliphatic carbocycles. The van der Waals surface area contributed by atoms with Crippen LogP contribution in [-0.2, 0) is 20.9 Å². The summed E-state index contributed by atoms with van der Waals surface area (Å²) in [7, 11) is 0. The minimum atomic E-state index is -0.691. The number of aliphatic hydroxyl groups is 1. The molecule has 1 unspecified atom stereocenters. The summed E-state index contributed by atoms with van der Waals surface area (Å²) >= 11 is 0. The number of nitrogens with one attached hydrogen (secondary N) is 2. The van der Waals surface area contributed by atoms with Gasteiger partial charge in [-0.25, -0.2) is 4.79 Å². The average Bonchev–Trinajstić information content (AvgIpc) is 3.10. The SMILES string of the molecule is CCCCCCCCC=CC(O)=C1C(=O)NC(CCCNC(=O)OCc2ccccc2)C1=O. The number of aliphatic hydroxyl groups excluding tert-OH is 1. The Labute approximate surface area is 196 Å². The molecule has 0 spiro atoms. The summed E-state index contributed by atoms with van der Waals surface area (Å²) in [6.45, 7) is 2.69. The minimum absolute atomic E-state index is 0.184. The van der Waals surface area contributed by atoms with E-state index in [2.05, 4.69) is 17.6 Å². The van der Waals surface area contributed by atoms with Gasteiger partial charge in [0.25, 0.3) is 5.91 Å². The second-order valence-corrected chi connectivity index (χ2v) is 8.24. The van der Waals surface area contributed by atoms with Crippen molar-refractivity contribution in [2.75, 3.05) is 6.54 Å². The van der Waals surface area contributed by atoms with Gasteiger partial charge in [0, 0.05) is 6.54 Å². The number of Topliss-reactive ketones (excluding diaryl/α,β-unsaturated/α-hetero) is 1. The molecule has 7 nitrogen and oxygen atoms in total. The molecule has 1 aliphatic heterocycles. The summed E-state index contributed by atoms with van der Waals surface area (Å²) in [4.78, 5) is 36.5. The van der Waals surface area contributed by atoms with E-state index in [1.165, 1.54) is 31.8 Å². The zero-order chi connectivity index (χ0) is 23.9. The Morgan fingerprint density at radius 2 is 1.82 bits per heavy atom. The van der Waals surface area contributed by atoms with Crippen LogP contribution in [0, 0.1) is 0 Å². The lowest BCUT2D eigenvalue weighted by Crippen LogP contribution is -2.31. The molecule has 1 aliphatic rings. The van der Waals surface area contributed by atoms with Gasteiger partial charge in [-0.3, -0.25) is 9.59 Å². The topological polar surface area (TPSA) is 105 Å². The molecule has 0 bridgehead atoms. The van der Waals surface area contributed by atoms with Crippen molar-refractivity contribution in [3.8, 4) is 0 Å². The predicted octanol–water partition coefficient (Wildman–Crippen LogP) is 4.88. The molecule has 1 saturated heterocycles. The Hall–Kier alpha value is -3.09. The van der Waals surface area contributed by atoms with Crippen LogP contribution in [0.4, 0.5) is 4.79 Å². The van der Waals surface area contributed by atoms with E-state index in [9.17, 15) is 19.5 Å². The number of hydrogen-bond donors (Lipinski definition) is 3. The lowest BCUT2D eigenvalue weighted by Gasteiger charge is -2.09. The number of hydrogen-bond acceptors (Lipinski definition) is 5. The van der Waals surface area contributed by atoms with Crippen LogP contribution in [0.3, 0.4) is 0 Å². The fraction of sp³-hybridized carbons (Fsp3) is 0.500. The first-order chi connectivity index (χ1) is 16.0. The normalized spacial score (nSPS) is 17.3. The zero-order valence-electron chi connectivity index (χ0n) is 19.5. The van der Waals surface area contributed by atoms with Crippen LogP contribution in [-0.4, -0.2) is 35.5 Å². The van der Waals surface area contributed by atoms with Gasteiger partial charge in [-0.15, -0.1) is 0 Å². The van der Waals surface area contributed by atoms with Gasteiger partial charge in [-0.1, -0.05) is 75.4 Å². The standard InChI is InChI=1S/C26H36N2O5/c1-2-3-4-5-6-7-8-12-17-22(29)23-24(30)21(28-25(23)31)16-13-18-27-26(32)33-19-20-14-10-9-11-15-20/h9-12,14-15,17,21,29H,2-8,13,16,18-19H2,1H3,(H,27,32)(H,28,31). The molecule has 1 aromatic rings. The summed E-state index contributed by atoms with van der Waals surface area (Å²) in [5.41, 5.74) is 0.710. The van der Waals surface area contributed by atoms with Crippen LogP contribution in [0.2, 0.25) is 0 Å². The Kier molecular flexibility index (Phi) is 11.8. The van der Waals surface area contributed by atoms with E-state index in [1.54, 1.807) is 6.08 Å². The van der Waals surface area contributed by atoms with Gasteiger partial charge in [-0.05, 0) is 37.3 Å². The third-order valence-electron chi connectivity index (χ3n) is 5.50. The van der Waals surface area contributed by atoms with Crippen molar-refractivity contribution in [3.63, 3.8) is 0 Å². The van der Waals surface area contributed by atoms with E-state index < -0.39 is 23.8 Å². The van der Waals surface area contributed by atoms with Gasteiger partial charge in [0.1, 0.15) is 17.9 Å². The summed E-state index contributed by atoms with van der Waals surface area (Å²) in [5.74, 6) is -1.25. The van der Waals surface area contributed by atoms with E-state index in [-0.39, 0.29) is 17.9 Å². The van der Waals surface area contributed by atoms with Gasteiger partial charge in [-0.2, -0.15) is 0 Å². The second kappa shape index (κ2) is 14.9. The maximum Gasteiger partial charge on any atom is 0.407 e. The second-order valence-electron chi connectivity index (χ2n) is 8.24. The average molecular weight is 457 g/mol. The fourth-order valence-corrected chi connectivity index (χ4v) is 3.62. The lowest BCUT2D eigenvalue weighted by atomic mass is 10.0.